The van der Waals surface area contributed by atoms with E-state index < -0.39 is 5.60 Å². The Kier molecular flexibility index (Phi) is 16.2. The van der Waals surface area contributed by atoms with E-state index in [-0.39, 0.29) is 36.1 Å². The van der Waals surface area contributed by atoms with E-state index in [0.29, 0.717) is 13.1 Å². The van der Waals surface area contributed by atoms with Gasteiger partial charge in [0.05, 0.1) is 0 Å². The third-order valence-electron chi connectivity index (χ3n) is 3.24. The quantitative estimate of drug-likeness (QED) is 0.215. The maximum Gasteiger partial charge on any atom is 0.410 e. The molecule has 0 aromatic heterocycles. The molecular weight excluding hydrogens is 447 g/mol. The standard InChI is InChI=1S/C18H38N4O3.HI/c1-8-19-16(21-12-10-14-24-7)20-11-9-13-22(15(2)3)17(23)25-18(4,5)6;/h15H,8-14H2,1-7H3,(H2,19,20,21);1H. The lowest BCUT2D eigenvalue weighted by atomic mass is 10.2. The Balaban J connectivity index is 0. The van der Waals surface area contributed by atoms with Crippen molar-refractivity contribution in [2.45, 2.75) is 66.0 Å². The first kappa shape index (κ1) is 27.4. The molecule has 0 aliphatic carbocycles. The molecule has 0 aliphatic rings. The van der Waals surface area contributed by atoms with Crippen LogP contribution in [0.15, 0.2) is 4.99 Å². The predicted molar refractivity (Wildman–Crippen MR) is 119 cm³/mol. The molecule has 0 spiro atoms. The zero-order valence-electron chi connectivity index (χ0n) is 17.6. The summed E-state index contributed by atoms with van der Waals surface area (Å²) in [4.78, 5) is 18.6. The van der Waals surface area contributed by atoms with Crippen molar-refractivity contribution in [2.75, 3.05) is 39.9 Å². The fraction of sp³-hybridized carbons (Fsp3) is 0.889. The van der Waals surface area contributed by atoms with Gasteiger partial charge in [-0.15, -0.1) is 24.0 Å². The molecule has 0 heterocycles. The highest BCUT2D eigenvalue weighted by Crippen LogP contribution is 2.12. The lowest BCUT2D eigenvalue weighted by Crippen LogP contribution is -2.42. The number of aliphatic imine (C=N–C) groups is 1. The molecular formula is C18H39IN4O3. The minimum Gasteiger partial charge on any atom is -0.444 e. The molecule has 7 nitrogen and oxygen atoms in total. The summed E-state index contributed by atoms with van der Waals surface area (Å²) in [6.07, 6.45) is 1.45. The number of nitrogens with one attached hydrogen (secondary N) is 2. The van der Waals surface area contributed by atoms with Crippen LogP contribution in [0.3, 0.4) is 0 Å². The minimum absolute atomic E-state index is 0. The molecule has 0 aromatic carbocycles. The molecule has 0 aliphatic heterocycles. The minimum atomic E-state index is -0.479. The molecule has 26 heavy (non-hydrogen) atoms. The summed E-state index contributed by atoms with van der Waals surface area (Å²) in [7, 11) is 1.70. The first-order valence-corrected chi connectivity index (χ1v) is 9.22. The smallest absolute Gasteiger partial charge is 0.410 e. The van der Waals surface area contributed by atoms with Gasteiger partial charge in [0.2, 0.25) is 0 Å². The molecule has 0 saturated carbocycles. The molecule has 0 unspecified atom stereocenters. The van der Waals surface area contributed by atoms with Crippen LogP contribution in [0.4, 0.5) is 4.79 Å². The summed E-state index contributed by atoms with van der Waals surface area (Å²) in [5.74, 6) is 0.798. The second kappa shape index (κ2) is 15.3. The normalized spacial score (nSPS) is 11.8. The lowest BCUT2D eigenvalue weighted by Gasteiger charge is -2.30. The summed E-state index contributed by atoms with van der Waals surface area (Å²) < 4.78 is 10.5. The Morgan fingerprint density at radius 3 is 2.35 bits per heavy atom. The van der Waals surface area contributed by atoms with Gasteiger partial charge in [-0.05, 0) is 54.4 Å². The summed E-state index contributed by atoms with van der Waals surface area (Å²) >= 11 is 0. The number of halogens is 1. The second-order valence-corrected chi connectivity index (χ2v) is 7.15. The summed E-state index contributed by atoms with van der Waals surface area (Å²) in [6, 6.07) is 0.0965. The molecule has 0 radical (unpaired) electrons. The van der Waals surface area contributed by atoms with Crippen LogP contribution < -0.4 is 10.6 Å². The van der Waals surface area contributed by atoms with E-state index in [4.69, 9.17) is 9.47 Å². The Morgan fingerprint density at radius 2 is 1.85 bits per heavy atom. The number of carbonyl (C=O) groups excluding carboxylic acids is 1. The summed E-state index contributed by atoms with van der Waals surface area (Å²) in [5.41, 5.74) is -0.479. The van der Waals surface area contributed by atoms with Gasteiger partial charge in [0.25, 0.3) is 0 Å². The highest BCUT2D eigenvalue weighted by atomic mass is 127. The van der Waals surface area contributed by atoms with Crippen LogP contribution in [0.1, 0.15) is 54.4 Å². The molecule has 8 heteroatoms. The Morgan fingerprint density at radius 1 is 1.19 bits per heavy atom. The SMILES string of the molecule is CCNC(=NCCCN(C(=O)OC(C)(C)C)C(C)C)NCCCOC.I. The third kappa shape index (κ3) is 14.4. The third-order valence-corrected chi connectivity index (χ3v) is 3.24. The number of rotatable bonds is 10. The number of nitrogens with zero attached hydrogens (tertiary/aromatic N) is 2. The molecule has 2 N–H and O–H groups in total. The van der Waals surface area contributed by atoms with Crippen LogP contribution in [0.2, 0.25) is 0 Å². The Bertz CT molecular complexity index is 398. The van der Waals surface area contributed by atoms with Crippen LogP contribution in [0, 0.1) is 0 Å². The van der Waals surface area contributed by atoms with Crippen molar-refractivity contribution in [3.8, 4) is 0 Å². The van der Waals surface area contributed by atoms with E-state index in [0.717, 1.165) is 38.5 Å². The molecule has 0 atom stereocenters. The van der Waals surface area contributed by atoms with Gasteiger partial charge in [-0.2, -0.15) is 0 Å². The van der Waals surface area contributed by atoms with Crippen molar-refractivity contribution in [3.05, 3.63) is 0 Å². The molecule has 0 rings (SSSR count). The van der Waals surface area contributed by atoms with Crippen molar-refractivity contribution in [1.29, 1.82) is 0 Å². The van der Waals surface area contributed by atoms with E-state index in [2.05, 4.69) is 15.6 Å². The van der Waals surface area contributed by atoms with Crippen molar-refractivity contribution in [3.63, 3.8) is 0 Å². The Labute approximate surface area is 176 Å². The van der Waals surface area contributed by atoms with Crippen molar-refractivity contribution in [2.24, 2.45) is 4.99 Å². The second-order valence-electron chi connectivity index (χ2n) is 7.15. The van der Waals surface area contributed by atoms with Crippen LogP contribution in [-0.4, -0.2) is 68.5 Å². The van der Waals surface area contributed by atoms with E-state index in [1.54, 1.807) is 12.0 Å². The maximum absolute atomic E-state index is 12.3. The molecule has 1 amide bonds. The van der Waals surface area contributed by atoms with Crippen molar-refractivity contribution < 1.29 is 14.3 Å². The van der Waals surface area contributed by atoms with Gasteiger partial charge in [-0.3, -0.25) is 4.99 Å². The van der Waals surface area contributed by atoms with Crippen molar-refractivity contribution >= 4 is 36.0 Å². The first-order valence-electron chi connectivity index (χ1n) is 9.22. The van der Waals surface area contributed by atoms with Crippen LogP contribution in [0.5, 0.6) is 0 Å². The van der Waals surface area contributed by atoms with Gasteiger partial charge < -0.3 is 25.0 Å². The fourth-order valence-electron chi connectivity index (χ4n) is 2.08. The van der Waals surface area contributed by atoms with Crippen LogP contribution in [0.25, 0.3) is 0 Å². The summed E-state index contributed by atoms with van der Waals surface area (Å²) in [5, 5.41) is 6.49. The highest BCUT2D eigenvalue weighted by molar-refractivity contribution is 14.0. The van der Waals surface area contributed by atoms with Gasteiger partial charge >= 0.3 is 6.09 Å². The number of carbonyl (C=O) groups is 1. The maximum atomic E-state index is 12.3. The average molecular weight is 486 g/mol. The zero-order chi connectivity index (χ0) is 19.3. The van der Waals surface area contributed by atoms with E-state index in [9.17, 15) is 4.79 Å². The molecule has 0 fully saturated rings. The number of amides is 1. The number of hydrogen-bond donors (Lipinski definition) is 2. The monoisotopic (exact) mass is 486 g/mol. The van der Waals surface area contributed by atoms with Crippen LogP contribution >= 0.6 is 24.0 Å². The molecule has 0 saturated heterocycles. The van der Waals surface area contributed by atoms with Gasteiger partial charge in [-0.25, -0.2) is 4.79 Å². The van der Waals surface area contributed by atoms with Gasteiger partial charge in [0.1, 0.15) is 5.60 Å². The van der Waals surface area contributed by atoms with Gasteiger partial charge in [-0.1, -0.05) is 0 Å². The number of methoxy groups -OCH3 is 1. The van der Waals surface area contributed by atoms with E-state index >= 15 is 0 Å². The summed E-state index contributed by atoms with van der Waals surface area (Å²) in [6.45, 7) is 15.3. The van der Waals surface area contributed by atoms with Gasteiger partial charge in [0, 0.05) is 45.9 Å². The number of ether oxygens (including phenoxy) is 2. The fourth-order valence-corrected chi connectivity index (χ4v) is 2.08. The number of guanidine groups is 1. The van der Waals surface area contributed by atoms with Crippen LogP contribution in [-0.2, 0) is 9.47 Å². The van der Waals surface area contributed by atoms with E-state index in [1.807, 2.05) is 41.5 Å². The highest BCUT2D eigenvalue weighted by Gasteiger charge is 2.23. The first-order chi connectivity index (χ1) is 11.7. The van der Waals surface area contributed by atoms with Crippen molar-refractivity contribution in [1.82, 2.24) is 15.5 Å². The zero-order valence-corrected chi connectivity index (χ0v) is 19.9. The van der Waals surface area contributed by atoms with E-state index in [1.165, 1.54) is 0 Å². The molecule has 0 bridgehead atoms. The largest absolute Gasteiger partial charge is 0.444 e. The topological polar surface area (TPSA) is 75.2 Å². The molecule has 156 valence electrons. The molecule has 0 aromatic rings. The van der Waals surface area contributed by atoms with Gasteiger partial charge in [0.15, 0.2) is 5.96 Å². The number of hydrogen-bond acceptors (Lipinski definition) is 4. The Hall–Kier alpha value is -0.770. The lowest BCUT2D eigenvalue weighted by molar-refractivity contribution is 0.0190. The average Bonchev–Trinajstić information content (AvgIpc) is 2.48. The predicted octanol–water partition coefficient (Wildman–Crippen LogP) is 3.23.